The molecule has 0 amide bonds. The molecule has 1 unspecified atom stereocenters. The van der Waals surface area contributed by atoms with E-state index in [4.69, 9.17) is 19.4 Å². The summed E-state index contributed by atoms with van der Waals surface area (Å²) in [5.41, 5.74) is 7.38. The number of nitriles is 1. The molecule has 0 saturated heterocycles. The molecule has 5 rings (SSSR count). The van der Waals surface area contributed by atoms with Gasteiger partial charge in [-0.15, -0.1) is 5.53 Å². The summed E-state index contributed by atoms with van der Waals surface area (Å²) in [6, 6.07) is 12.0. The van der Waals surface area contributed by atoms with Gasteiger partial charge in [-0.1, -0.05) is 23.7 Å². The molecule has 1 saturated carbocycles. The molecule has 2 heterocycles. The molecule has 11 heteroatoms. The van der Waals surface area contributed by atoms with Gasteiger partial charge >= 0.3 is 0 Å². The highest BCUT2D eigenvalue weighted by Gasteiger charge is 2.38. The van der Waals surface area contributed by atoms with Crippen molar-refractivity contribution in [3.8, 4) is 6.07 Å². The van der Waals surface area contributed by atoms with Crippen molar-refractivity contribution in [2.24, 2.45) is 0 Å². The van der Waals surface area contributed by atoms with Gasteiger partial charge < -0.3 is 21.2 Å². The third-order valence-electron chi connectivity index (χ3n) is 6.50. The van der Waals surface area contributed by atoms with Crippen molar-refractivity contribution in [1.82, 2.24) is 21.0 Å². The number of aliphatic hydroxyl groups is 1. The Morgan fingerprint density at radius 1 is 1.27 bits per heavy atom. The third-order valence-corrected chi connectivity index (χ3v) is 6.79. The number of nitrogens with one attached hydrogen (secondary N) is 4. The Morgan fingerprint density at radius 2 is 2.00 bits per heavy atom. The van der Waals surface area contributed by atoms with E-state index >= 15 is 0 Å². The van der Waals surface area contributed by atoms with Crippen molar-refractivity contribution in [1.29, 1.82) is 5.26 Å². The minimum Gasteiger partial charge on any atom is -0.394 e. The first kappa shape index (κ1) is 25.1. The average molecular weight is 518 g/mol. The summed E-state index contributed by atoms with van der Waals surface area (Å²) in [6.45, 7) is 3.48. The van der Waals surface area contributed by atoms with Crippen molar-refractivity contribution in [2.75, 3.05) is 17.2 Å². The highest BCUT2D eigenvalue weighted by molar-refractivity contribution is 6.36. The summed E-state index contributed by atoms with van der Waals surface area (Å²) in [6.07, 6.45) is 5.51. The van der Waals surface area contributed by atoms with Crippen LogP contribution in [0.5, 0.6) is 0 Å². The van der Waals surface area contributed by atoms with Gasteiger partial charge in [-0.3, -0.25) is 9.99 Å². The van der Waals surface area contributed by atoms with E-state index in [9.17, 15) is 14.8 Å². The number of hydrogen-bond acceptors (Lipinski definition) is 8. The Bertz CT molecular complexity index is 1420. The Kier molecular flexibility index (Phi) is 6.40. The fraction of sp³-hybridized carbons (Fsp3) is 0.308. The van der Waals surface area contributed by atoms with E-state index in [1.807, 2.05) is 25.1 Å². The van der Waals surface area contributed by atoms with Gasteiger partial charge in [0.15, 0.2) is 0 Å². The van der Waals surface area contributed by atoms with E-state index in [2.05, 4.69) is 32.6 Å². The zero-order chi connectivity index (χ0) is 26.4. The molecule has 1 fully saturated rings. The highest BCUT2D eigenvalue weighted by atomic mass is 35.5. The highest BCUT2D eigenvalue weighted by Crippen LogP contribution is 2.38. The van der Waals surface area contributed by atoms with Crippen molar-refractivity contribution in [2.45, 2.75) is 43.7 Å². The van der Waals surface area contributed by atoms with Gasteiger partial charge in [-0.2, -0.15) is 5.26 Å². The summed E-state index contributed by atoms with van der Waals surface area (Å²) in [5.74, 6) is -0.372. The van der Waals surface area contributed by atoms with E-state index in [1.54, 1.807) is 24.3 Å². The van der Waals surface area contributed by atoms with Crippen LogP contribution in [0, 0.1) is 17.1 Å². The molecule has 1 atom stereocenters. The van der Waals surface area contributed by atoms with E-state index in [0.29, 0.717) is 50.2 Å². The molecule has 0 bridgehead atoms. The Hall–Kier alpha value is -3.52. The van der Waals surface area contributed by atoms with Crippen LogP contribution < -0.4 is 21.6 Å². The molecule has 37 heavy (non-hydrogen) atoms. The second kappa shape index (κ2) is 9.41. The number of benzene rings is 2. The molecule has 5 N–H and O–H groups in total. The van der Waals surface area contributed by atoms with E-state index in [0.717, 1.165) is 12.8 Å². The summed E-state index contributed by atoms with van der Waals surface area (Å²) < 4.78 is 13.8. The summed E-state index contributed by atoms with van der Waals surface area (Å²) >= 11 is 6.66. The summed E-state index contributed by atoms with van der Waals surface area (Å²) in [7, 11) is 7.01. The number of pyridine rings is 1. The van der Waals surface area contributed by atoms with Crippen LogP contribution in [0.15, 0.2) is 54.5 Å². The first-order valence-electron chi connectivity index (χ1n) is 11.9. The minimum atomic E-state index is -1.29. The van der Waals surface area contributed by atoms with Crippen LogP contribution in [0.4, 0.5) is 15.8 Å². The zero-order valence-corrected chi connectivity index (χ0v) is 21.2. The molecule has 8 nitrogen and oxygen atoms in total. The number of nitrogens with zero attached hydrogens (tertiary/aromatic N) is 3. The van der Waals surface area contributed by atoms with Gasteiger partial charge in [0.25, 0.3) is 0 Å². The molecular weight excluding hydrogens is 492 g/mol. The maximum atomic E-state index is 13.8. The molecule has 188 valence electrons. The van der Waals surface area contributed by atoms with Crippen molar-refractivity contribution < 1.29 is 9.50 Å². The Morgan fingerprint density at radius 3 is 2.65 bits per heavy atom. The summed E-state index contributed by atoms with van der Waals surface area (Å²) in [4.78, 5) is 4.39. The van der Waals surface area contributed by atoms with Crippen LogP contribution in [0.25, 0.3) is 10.9 Å². The van der Waals surface area contributed by atoms with Crippen LogP contribution in [0.2, 0.25) is 5.02 Å². The number of aliphatic hydroxyl groups excluding tert-OH is 1. The molecule has 3 aromatic rings. The fourth-order valence-corrected chi connectivity index (χ4v) is 4.51. The number of fused-ring (bicyclic) bond motifs is 1. The lowest BCUT2D eigenvalue weighted by Crippen LogP contribution is -2.45. The second-order valence-electron chi connectivity index (χ2n) is 10.0. The van der Waals surface area contributed by atoms with Crippen LogP contribution in [-0.2, 0) is 5.44 Å². The van der Waals surface area contributed by atoms with Gasteiger partial charge in [0.1, 0.15) is 19.7 Å². The third kappa shape index (κ3) is 4.90. The Balaban J connectivity index is 1.62. The lowest BCUT2D eigenvalue weighted by molar-refractivity contribution is 0.234. The van der Waals surface area contributed by atoms with Crippen LogP contribution in [0.3, 0.4) is 0 Å². The van der Waals surface area contributed by atoms with E-state index in [-0.39, 0.29) is 12.4 Å². The smallest absolute Gasteiger partial charge is 0.123 e. The minimum absolute atomic E-state index is 0.159. The van der Waals surface area contributed by atoms with Gasteiger partial charge in [-0.05, 0) is 56.5 Å². The normalized spacial score (nSPS) is 17.1. The van der Waals surface area contributed by atoms with E-state index < -0.39 is 11.0 Å². The fourth-order valence-electron chi connectivity index (χ4n) is 4.24. The monoisotopic (exact) mass is 517 g/mol. The first-order chi connectivity index (χ1) is 17.6. The van der Waals surface area contributed by atoms with E-state index in [1.165, 1.54) is 18.3 Å². The zero-order valence-electron chi connectivity index (χ0n) is 20.4. The number of hydrazine groups is 2. The maximum absolute atomic E-state index is 13.8. The summed E-state index contributed by atoms with van der Waals surface area (Å²) in [5, 5.41) is 29.1. The van der Waals surface area contributed by atoms with Gasteiger partial charge in [0.2, 0.25) is 0 Å². The molecule has 1 aromatic heterocycles. The number of aromatic nitrogens is 1. The van der Waals surface area contributed by atoms with Gasteiger partial charge in [-0.25, -0.2) is 4.39 Å². The number of anilines is 2. The molecule has 1 aliphatic carbocycles. The molecule has 1 aliphatic heterocycles. The number of rotatable bonds is 8. The van der Waals surface area contributed by atoms with Crippen LogP contribution >= 0.6 is 11.6 Å². The lowest BCUT2D eigenvalue weighted by Gasteiger charge is -2.34. The SMILES string of the molecule is [B]C(Nc1cc(Cl)c2ncc(C#N)c(NC(C)(C)CO)c2c1)(C1=CN(C2CC2)NN1)c1ccc(F)cc1. The van der Waals surface area contributed by atoms with Crippen LogP contribution in [-0.4, -0.2) is 41.1 Å². The first-order valence-corrected chi connectivity index (χ1v) is 12.3. The van der Waals surface area contributed by atoms with Crippen molar-refractivity contribution >= 4 is 41.7 Å². The van der Waals surface area contributed by atoms with Crippen molar-refractivity contribution in [3.63, 3.8) is 0 Å². The van der Waals surface area contributed by atoms with Crippen molar-refractivity contribution in [3.05, 3.63) is 76.5 Å². The molecule has 2 aromatic carbocycles. The molecular formula is C26H26BClFN7O. The number of halogens is 2. The van der Waals surface area contributed by atoms with Crippen LogP contribution in [0.1, 0.15) is 37.8 Å². The lowest BCUT2D eigenvalue weighted by atomic mass is 9.69. The molecule has 0 spiro atoms. The molecule has 2 radical (unpaired) electrons. The standard InChI is InChI=1S/C26H26BClFN7O/c1-25(2,14-37)33-23-15(11-30)12-31-24-20(23)9-18(10-21(24)28)32-26(27,16-3-5-17(29)6-4-16)22-13-36(35-34-22)19-7-8-19/h3-6,9-10,12-13,19,32,34-35,37H,7-8,14H2,1-2H3,(H,31,33). The largest absolute Gasteiger partial charge is 0.394 e. The molecule has 2 aliphatic rings. The quantitative estimate of drug-likeness (QED) is 0.287. The Labute approximate surface area is 220 Å². The second-order valence-corrected chi connectivity index (χ2v) is 10.4. The van der Waals surface area contributed by atoms with Gasteiger partial charge in [0.05, 0.1) is 45.1 Å². The number of hydrogen-bond donors (Lipinski definition) is 5. The predicted molar refractivity (Wildman–Crippen MR) is 143 cm³/mol. The average Bonchev–Trinajstić information content (AvgIpc) is 3.60. The van der Waals surface area contributed by atoms with Gasteiger partial charge in [0, 0.05) is 29.5 Å². The topological polar surface area (TPSA) is 108 Å². The maximum Gasteiger partial charge on any atom is 0.123 e. The predicted octanol–water partition coefficient (Wildman–Crippen LogP) is 3.84.